The van der Waals surface area contributed by atoms with Gasteiger partial charge in [-0.15, -0.1) is 0 Å². The first kappa shape index (κ1) is 3.79. The van der Waals surface area contributed by atoms with Crippen molar-refractivity contribution >= 4 is 7.43 Å². The van der Waals surface area contributed by atoms with E-state index in [2.05, 4.69) is 4.34 Å². The van der Waals surface area contributed by atoms with Gasteiger partial charge in [0.1, 0.15) is 0 Å². The summed E-state index contributed by atoms with van der Waals surface area (Å²) < 4.78 is 14.1. The van der Waals surface area contributed by atoms with Crippen LogP contribution < -0.4 is 0 Å². The third-order valence-corrected chi connectivity index (χ3v) is 0.0891. The fraction of sp³-hybridized carbons (Fsp3) is 1.00. The summed E-state index contributed by atoms with van der Waals surface area (Å²) in [4.78, 5) is 0. The van der Waals surface area contributed by atoms with E-state index in [0.717, 1.165) is 0 Å². The second-order valence-corrected chi connectivity index (χ2v) is 0.325. The quantitative estimate of drug-likeness (QED) is 0.277. The molecule has 0 saturated carbocycles. The van der Waals surface area contributed by atoms with Crippen molar-refractivity contribution in [3.8, 4) is 0 Å². The van der Waals surface area contributed by atoms with Crippen LogP contribution >= 0.6 is 0 Å². The molecule has 3 heteroatoms. The molecule has 0 fully saturated rings. The van der Waals surface area contributed by atoms with Crippen molar-refractivity contribution in [1.82, 2.24) is 0 Å². The van der Waals surface area contributed by atoms with Crippen molar-refractivity contribution in [2.75, 3.05) is 7.11 Å². The SMILES string of the molecule is C[O+]=BF. The number of hydrogen-bond acceptors (Lipinski definition) is 0. The topological polar surface area (TPSA) is 11.3 Å². The summed E-state index contributed by atoms with van der Waals surface area (Å²) >= 11 is 0. The molecule has 0 aliphatic carbocycles. The van der Waals surface area contributed by atoms with Crippen LogP contribution in [0.15, 0.2) is 0 Å². The predicted molar refractivity (Wildman–Crippen MR) is 13.5 cm³/mol. The van der Waals surface area contributed by atoms with Gasteiger partial charge in [-0.25, -0.2) is 0 Å². The molecule has 0 bridgehead atoms. The summed E-state index contributed by atoms with van der Waals surface area (Å²) in [5, 5.41) is 0. The average molecular weight is 60.8 g/mol. The molecular weight excluding hydrogens is 57.8 g/mol. The number of halogens is 1. The van der Waals surface area contributed by atoms with Gasteiger partial charge in [-0.2, -0.15) is 0 Å². The van der Waals surface area contributed by atoms with Crippen LogP contribution in [0.5, 0.6) is 0 Å². The van der Waals surface area contributed by atoms with E-state index in [1.54, 1.807) is 0 Å². The van der Waals surface area contributed by atoms with Crippen molar-refractivity contribution in [2.45, 2.75) is 0 Å². The van der Waals surface area contributed by atoms with Gasteiger partial charge in [0, 0.05) is 0 Å². The average Bonchev–Trinajstić information content (AvgIpc) is 1.37. The molecule has 22 valence electrons. The van der Waals surface area contributed by atoms with Gasteiger partial charge in [-0.3, -0.25) is 0 Å². The third kappa shape index (κ3) is 1.79. The standard InChI is InChI=1S/CH3BFO/c1-4-2-3/h1H3/q+1. The summed E-state index contributed by atoms with van der Waals surface area (Å²) in [5.74, 6) is 0. The molecule has 0 heterocycles. The Hall–Kier alpha value is -0.205. The van der Waals surface area contributed by atoms with Gasteiger partial charge in [0.05, 0.1) is 0 Å². The van der Waals surface area contributed by atoms with E-state index < -0.39 is 0 Å². The zero-order valence-corrected chi connectivity index (χ0v) is 2.36. The molecule has 0 rings (SSSR count). The van der Waals surface area contributed by atoms with Gasteiger partial charge in [0.15, 0.2) is 0 Å². The maximum absolute atomic E-state index is 10.4. The summed E-state index contributed by atoms with van der Waals surface area (Å²) in [6, 6.07) is 0. The van der Waals surface area contributed by atoms with E-state index in [0.29, 0.717) is 0 Å². The van der Waals surface area contributed by atoms with Crippen LogP contribution in [0.4, 0.5) is 4.32 Å². The van der Waals surface area contributed by atoms with E-state index >= 15 is 0 Å². The molecule has 0 aromatic rings. The van der Waals surface area contributed by atoms with Crippen LogP contribution in [-0.2, 0) is 4.34 Å². The zero-order chi connectivity index (χ0) is 3.41. The van der Waals surface area contributed by atoms with E-state index in [-0.39, 0.29) is 7.43 Å². The minimum absolute atomic E-state index is 0.125. The first-order valence-electron chi connectivity index (χ1n) is 0.862. The normalized spacial score (nSPS) is 7.50. The van der Waals surface area contributed by atoms with E-state index in [1.807, 2.05) is 0 Å². The van der Waals surface area contributed by atoms with E-state index in [4.69, 9.17) is 0 Å². The molecule has 1 nitrogen and oxygen atoms in total. The second kappa shape index (κ2) is 2.79. The Balaban J connectivity index is 2.55. The van der Waals surface area contributed by atoms with Gasteiger partial charge in [-0.05, 0) is 0 Å². The van der Waals surface area contributed by atoms with Crippen LogP contribution in [0, 0.1) is 0 Å². The Morgan fingerprint density at radius 1 is 2.00 bits per heavy atom. The minimum atomic E-state index is 0.125. The van der Waals surface area contributed by atoms with Gasteiger partial charge in [0.2, 0.25) is 0 Å². The van der Waals surface area contributed by atoms with Crippen molar-refractivity contribution in [1.29, 1.82) is 0 Å². The fourth-order valence-corrected chi connectivity index (χ4v) is 0. The van der Waals surface area contributed by atoms with Crippen molar-refractivity contribution < 1.29 is 8.65 Å². The molecule has 0 aliphatic rings. The molecule has 0 aromatic carbocycles. The van der Waals surface area contributed by atoms with Crippen molar-refractivity contribution in [2.24, 2.45) is 0 Å². The first-order chi connectivity index (χ1) is 1.91. The molecule has 0 radical (unpaired) electrons. The van der Waals surface area contributed by atoms with Crippen LogP contribution in [0.1, 0.15) is 0 Å². The Labute approximate surface area is 24.4 Å². The van der Waals surface area contributed by atoms with Gasteiger partial charge in [-0.1, -0.05) is 0 Å². The Morgan fingerprint density at radius 3 is 2.25 bits per heavy atom. The molecule has 0 atom stereocenters. The molecule has 0 aromatic heterocycles. The third-order valence-electron chi connectivity index (χ3n) is 0.0891. The van der Waals surface area contributed by atoms with E-state index in [9.17, 15) is 4.32 Å². The summed E-state index contributed by atoms with van der Waals surface area (Å²) in [6.07, 6.45) is 0. The van der Waals surface area contributed by atoms with Crippen molar-refractivity contribution in [3.63, 3.8) is 0 Å². The van der Waals surface area contributed by atoms with Crippen molar-refractivity contribution in [3.05, 3.63) is 0 Å². The predicted octanol–water partition coefficient (Wildman–Crippen LogP) is 0.0861. The summed E-state index contributed by atoms with van der Waals surface area (Å²) in [5.41, 5.74) is 0. The molecular formula is CH3BFO+. The monoisotopic (exact) mass is 61.0 g/mol. The molecule has 0 aliphatic heterocycles. The molecule has 4 heavy (non-hydrogen) atoms. The zero-order valence-electron chi connectivity index (χ0n) is 2.36. The van der Waals surface area contributed by atoms with Gasteiger partial charge < -0.3 is 0 Å². The first-order valence-corrected chi connectivity index (χ1v) is 0.862. The van der Waals surface area contributed by atoms with Gasteiger partial charge in [0.25, 0.3) is 0 Å². The second-order valence-electron chi connectivity index (χ2n) is 0.325. The van der Waals surface area contributed by atoms with Crippen LogP contribution in [0.25, 0.3) is 0 Å². The van der Waals surface area contributed by atoms with Crippen LogP contribution in [0.3, 0.4) is 0 Å². The maximum atomic E-state index is 10.4. The molecule has 0 saturated heterocycles. The molecule has 0 unspecified atom stereocenters. The number of hydrogen-bond donors (Lipinski definition) is 0. The summed E-state index contributed by atoms with van der Waals surface area (Å²) in [7, 11) is 1.38. The molecule has 0 spiro atoms. The van der Waals surface area contributed by atoms with Gasteiger partial charge >= 0.3 is 23.2 Å². The van der Waals surface area contributed by atoms with E-state index in [1.165, 1.54) is 7.11 Å². The fourth-order valence-electron chi connectivity index (χ4n) is 0. The Morgan fingerprint density at radius 2 is 2.25 bits per heavy atom. The van der Waals surface area contributed by atoms with Crippen LogP contribution in [0.2, 0.25) is 0 Å². The Bertz CT molecular complexity index is 23.2. The summed E-state index contributed by atoms with van der Waals surface area (Å²) in [6.45, 7) is 0. The molecule has 0 amide bonds. The Kier molecular flexibility index (Phi) is 2.65. The number of rotatable bonds is 0. The molecule has 0 N–H and O–H groups in total. The van der Waals surface area contributed by atoms with Crippen LogP contribution in [-0.4, -0.2) is 14.5 Å².